The summed E-state index contributed by atoms with van der Waals surface area (Å²) in [6.07, 6.45) is -0.178. The number of hydrogen-bond donors (Lipinski definition) is 0. The van der Waals surface area contributed by atoms with Gasteiger partial charge >= 0.3 is 0 Å². The van der Waals surface area contributed by atoms with Crippen LogP contribution in [0.4, 0.5) is 8.78 Å². The molecule has 48 valence electrons. The van der Waals surface area contributed by atoms with Crippen LogP contribution in [-0.4, -0.2) is 25.4 Å². The summed E-state index contributed by atoms with van der Waals surface area (Å²) in [5.74, 6) is 0. The molecule has 0 aliphatic carbocycles. The first-order valence-corrected chi connectivity index (χ1v) is 2.26. The van der Waals surface area contributed by atoms with Gasteiger partial charge in [-0.2, -0.15) is 0 Å². The molecule has 0 heterocycles. The van der Waals surface area contributed by atoms with Crippen LogP contribution in [0.15, 0.2) is 12.3 Å². The lowest BCUT2D eigenvalue weighted by atomic mass is 10.6. The monoisotopic (exact) mass is 121 g/mol. The Balaban J connectivity index is 3.34. The molecule has 0 aliphatic rings. The summed E-state index contributed by atoms with van der Waals surface area (Å²) in [6.45, 7) is 0. The van der Waals surface area contributed by atoms with Crippen molar-refractivity contribution in [3.05, 3.63) is 12.3 Å². The molecule has 0 radical (unpaired) electrons. The SMILES string of the molecule is CN(C)C=CC(F)F. The lowest BCUT2D eigenvalue weighted by Crippen LogP contribution is -2.01. The van der Waals surface area contributed by atoms with Crippen molar-refractivity contribution in [1.29, 1.82) is 0 Å². The highest BCUT2D eigenvalue weighted by Crippen LogP contribution is 1.92. The molecule has 0 N–H and O–H groups in total. The first-order valence-electron chi connectivity index (χ1n) is 2.26. The topological polar surface area (TPSA) is 3.24 Å². The molecule has 0 rings (SSSR count). The first-order chi connectivity index (χ1) is 3.63. The highest BCUT2D eigenvalue weighted by atomic mass is 19.3. The summed E-state index contributed by atoms with van der Waals surface area (Å²) in [5, 5.41) is 0. The van der Waals surface area contributed by atoms with E-state index in [0.29, 0.717) is 0 Å². The van der Waals surface area contributed by atoms with Crippen LogP contribution in [0.2, 0.25) is 0 Å². The van der Waals surface area contributed by atoms with Gasteiger partial charge in [0.25, 0.3) is 6.43 Å². The van der Waals surface area contributed by atoms with Gasteiger partial charge in [0.1, 0.15) is 0 Å². The summed E-state index contributed by atoms with van der Waals surface area (Å²) in [4.78, 5) is 1.56. The van der Waals surface area contributed by atoms with Crippen LogP contribution >= 0.6 is 0 Å². The fraction of sp³-hybridized carbons (Fsp3) is 0.600. The van der Waals surface area contributed by atoms with Crippen LogP contribution in [0.5, 0.6) is 0 Å². The van der Waals surface area contributed by atoms with Crippen LogP contribution in [0, 0.1) is 0 Å². The minimum atomic E-state index is -2.34. The van der Waals surface area contributed by atoms with E-state index < -0.39 is 6.43 Å². The molecule has 1 nitrogen and oxygen atoms in total. The van der Waals surface area contributed by atoms with E-state index in [1.54, 1.807) is 19.0 Å². The first kappa shape index (κ1) is 7.40. The van der Waals surface area contributed by atoms with Crippen molar-refractivity contribution >= 4 is 0 Å². The molecular weight excluding hydrogens is 112 g/mol. The Hall–Kier alpha value is -0.600. The van der Waals surface area contributed by atoms with Gasteiger partial charge in [0.05, 0.1) is 0 Å². The number of rotatable bonds is 2. The summed E-state index contributed by atoms with van der Waals surface area (Å²) >= 11 is 0. The van der Waals surface area contributed by atoms with Gasteiger partial charge in [-0.1, -0.05) is 0 Å². The molecule has 0 unspecified atom stereocenters. The lowest BCUT2D eigenvalue weighted by molar-refractivity contribution is 0.202. The average molecular weight is 121 g/mol. The van der Waals surface area contributed by atoms with Crippen LogP contribution in [-0.2, 0) is 0 Å². The van der Waals surface area contributed by atoms with Gasteiger partial charge in [-0.15, -0.1) is 0 Å². The van der Waals surface area contributed by atoms with E-state index >= 15 is 0 Å². The van der Waals surface area contributed by atoms with Gasteiger partial charge in [0.2, 0.25) is 0 Å². The molecule has 0 aromatic carbocycles. The molecule has 0 saturated heterocycles. The van der Waals surface area contributed by atoms with Crippen LogP contribution < -0.4 is 0 Å². The van der Waals surface area contributed by atoms with E-state index in [4.69, 9.17) is 0 Å². The van der Waals surface area contributed by atoms with Crippen LogP contribution in [0.3, 0.4) is 0 Å². The minimum absolute atomic E-state index is 0.833. The Kier molecular flexibility index (Phi) is 3.15. The van der Waals surface area contributed by atoms with E-state index in [0.717, 1.165) is 6.08 Å². The standard InChI is InChI=1S/C5H9F2N/c1-8(2)4-3-5(6)7/h3-5H,1-2H3. The summed E-state index contributed by atoms with van der Waals surface area (Å²) in [6, 6.07) is 0. The largest absolute Gasteiger partial charge is 0.384 e. The number of halogens is 2. The van der Waals surface area contributed by atoms with Crippen molar-refractivity contribution in [1.82, 2.24) is 4.90 Å². The second-order valence-electron chi connectivity index (χ2n) is 1.64. The number of allylic oxidation sites excluding steroid dienone is 1. The van der Waals surface area contributed by atoms with Crippen LogP contribution in [0.25, 0.3) is 0 Å². The van der Waals surface area contributed by atoms with E-state index in [2.05, 4.69) is 0 Å². The highest BCUT2D eigenvalue weighted by Gasteiger charge is 1.90. The Morgan fingerprint density at radius 1 is 1.38 bits per heavy atom. The number of alkyl halides is 2. The summed E-state index contributed by atoms with van der Waals surface area (Å²) in [5.41, 5.74) is 0. The smallest absolute Gasteiger partial charge is 0.258 e. The van der Waals surface area contributed by atoms with Gasteiger partial charge in [-0.05, 0) is 6.08 Å². The molecule has 8 heavy (non-hydrogen) atoms. The van der Waals surface area contributed by atoms with Crippen molar-refractivity contribution in [2.45, 2.75) is 6.43 Å². The zero-order valence-electron chi connectivity index (χ0n) is 4.94. The Morgan fingerprint density at radius 2 is 1.88 bits per heavy atom. The van der Waals surface area contributed by atoms with Gasteiger partial charge in [0, 0.05) is 20.3 Å². The van der Waals surface area contributed by atoms with Crippen LogP contribution in [0.1, 0.15) is 0 Å². The maximum Gasteiger partial charge on any atom is 0.258 e. The molecule has 0 atom stereocenters. The second kappa shape index (κ2) is 3.41. The molecule has 0 aromatic heterocycles. The Morgan fingerprint density at radius 3 is 2.00 bits per heavy atom. The van der Waals surface area contributed by atoms with Crippen molar-refractivity contribution in [2.24, 2.45) is 0 Å². The molecule has 0 saturated carbocycles. The maximum atomic E-state index is 11.3. The maximum absolute atomic E-state index is 11.3. The quantitative estimate of drug-likeness (QED) is 0.532. The second-order valence-corrected chi connectivity index (χ2v) is 1.64. The fourth-order valence-corrected chi connectivity index (χ4v) is 0.237. The van der Waals surface area contributed by atoms with Gasteiger partial charge < -0.3 is 4.90 Å². The molecular formula is C5H9F2N. The summed E-state index contributed by atoms with van der Waals surface area (Å²) < 4.78 is 22.6. The molecule has 0 spiro atoms. The van der Waals surface area contributed by atoms with Crippen molar-refractivity contribution in [2.75, 3.05) is 14.1 Å². The van der Waals surface area contributed by atoms with E-state index in [1.807, 2.05) is 0 Å². The molecule has 0 amide bonds. The Labute approximate surface area is 47.6 Å². The highest BCUT2D eigenvalue weighted by molar-refractivity contribution is 4.81. The molecule has 3 heteroatoms. The molecule has 0 aliphatic heterocycles. The van der Waals surface area contributed by atoms with Gasteiger partial charge in [-0.25, -0.2) is 8.78 Å². The Bertz CT molecular complexity index is 68.5. The predicted molar refractivity (Wildman–Crippen MR) is 28.8 cm³/mol. The molecule has 0 bridgehead atoms. The molecule has 0 aromatic rings. The molecule has 0 fully saturated rings. The predicted octanol–water partition coefficient (Wildman–Crippen LogP) is 1.33. The lowest BCUT2D eigenvalue weighted by Gasteiger charge is -2.01. The number of hydrogen-bond acceptors (Lipinski definition) is 1. The average Bonchev–Trinajstić information content (AvgIpc) is 1.61. The van der Waals surface area contributed by atoms with Crippen molar-refractivity contribution < 1.29 is 8.78 Å². The summed E-state index contributed by atoms with van der Waals surface area (Å²) in [7, 11) is 3.39. The third-order valence-electron chi connectivity index (χ3n) is 0.530. The van der Waals surface area contributed by atoms with Gasteiger partial charge in [0.15, 0.2) is 0 Å². The zero-order chi connectivity index (χ0) is 6.57. The van der Waals surface area contributed by atoms with Gasteiger partial charge in [-0.3, -0.25) is 0 Å². The van der Waals surface area contributed by atoms with E-state index in [9.17, 15) is 8.78 Å². The van der Waals surface area contributed by atoms with Crippen molar-refractivity contribution in [3.63, 3.8) is 0 Å². The van der Waals surface area contributed by atoms with Crippen molar-refractivity contribution in [3.8, 4) is 0 Å². The third kappa shape index (κ3) is 5.40. The fourth-order valence-electron chi connectivity index (χ4n) is 0.237. The normalized spacial score (nSPS) is 11.1. The number of nitrogens with zero attached hydrogens (tertiary/aromatic N) is 1. The minimum Gasteiger partial charge on any atom is -0.384 e. The third-order valence-corrected chi connectivity index (χ3v) is 0.530. The van der Waals surface area contributed by atoms with E-state index in [-0.39, 0.29) is 0 Å². The van der Waals surface area contributed by atoms with E-state index in [1.165, 1.54) is 6.20 Å². The zero-order valence-corrected chi connectivity index (χ0v) is 4.94.